The minimum Gasteiger partial charge on any atom is -0.409 e. The van der Waals surface area contributed by atoms with Crippen molar-refractivity contribution in [2.45, 2.75) is 0 Å². The lowest BCUT2D eigenvalue weighted by Gasteiger charge is -1.71. The van der Waals surface area contributed by atoms with Gasteiger partial charge >= 0.3 is 0 Å². The average Bonchev–Trinajstić information content (AvgIpc) is 2.57. The molecule has 11 heavy (non-hydrogen) atoms. The monoisotopic (exact) mass is 155 g/mol. The third-order valence-corrected chi connectivity index (χ3v) is 0.669. The number of tetrazole rings is 1. The fourth-order valence-corrected chi connectivity index (χ4v) is 0.323. The molecule has 0 saturated carbocycles. The molecule has 0 radical (unpaired) electrons. The molecular formula is C3H5N7O. The second-order valence-electron chi connectivity index (χ2n) is 1.39. The van der Waals surface area contributed by atoms with Crippen LogP contribution in [0.1, 0.15) is 0 Å². The Hall–Kier alpha value is -1.99. The molecule has 0 aliphatic rings. The van der Waals surface area contributed by atoms with Gasteiger partial charge in [0.25, 0.3) is 0 Å². The van der Waals surface area contributed by atoms with Gasteiger partial charge in [-0.15, -0.1) is 10.2 Å². The molecule has 0 saturated heterocycles. The van der Waals surface area contributed by atoms with E-state index in [-0.39, 0.29) is 0 Å². The fourth-order valence-electron chi connectivity index (χ4n) is 0.323. The second-order valence-corrected chi connectivity index (χ2v) is 1.39. The summed E-state index contributed by atoms with van der Waals surface area (Å²) in [7, 11) is 0. The molecule has 2 rings (SSSR count). The average molecular weight is 155 g/mol. The van der Waals surface area contributed by atoms with Gasteiger partial charge in [0.1, 0.15) is 0 Å². The van der Waals surface area contributed by atoms with Crippen LogP contribution in [0.3, 0.4) is 0 Å². The minimum absolute atomic E-state index is 0.528. The summed E-state index contributed by atoms with van der Waals surface area (Å²) in [5.74, 6) is 0. The van der Waals surface area contributed by atoms with E-state index in [1.165, 1.54) is 0 Å². The lowest BCUT2D eigenvalue weighted by Crippen LogP contribution is -1.88. The van der Waals surface area contributed by atoms with Crippen LogP contribution >= 0.6 is 0 Å². The Morgan fingerprint density at radius 1 is 1.36 bits per heavy atom. The zero-order valence-corrected chi connectivity index (χ0v) is 5.36. The minimum atomic E-state index is 0.528. The highest BCUT2D eigenvalue weighted by atomic mass is 16.5. The van der Waals surface area contributed by atoms with Gasteiger partial charge in [-0.2, -0.15) is 0 Å². The van der Waals surface area contributed by atoms with E-state index in [4.69, 9.17) is 5.21 Å². The van der Waals surface area contributed by atoms with Crippen molar-refractivity contribution in [1.82, 2.24) is 35.8 Å². The number of H-pyrrole nitrogens is 1. The summed E-state index contributed by atoms with van der Waals surface area (Å²) in [6.45, 7) is 0. The van der Waals surface area contributed by atoms with Gasteiger partial charge in [0.2, 0.25) is 0 Å². The first kappa shape index (κ1) is 7.12. The number of aromatic nitrogens is 7. The van der Waals surface area contributed by atoms with Gasteiger partial charge in [0, 0.05) is 6.20 Å². The van der Waals surface area contributed by atoms with Crippen LogP contribution in [0.4, 0.5) is 0 Å². The maximum Gasteiger partial charge on any atom is 0.179 e. The van der Waals surface area contributed by atoms with Gasteiger partial charge in [-0.1, -0.05) is 10.1 Å². The summed E-state index contributed by atoms with van der Waals surface area (Å²) >= 11 is 0. The number of nitrogens with zero attached hydrogens (tertiary/aromatic N) is 6. The molecule has 0 fully saturated rings. The topological polar surface area (TPSA) is 105 Å². The van der Waals surface area contributed by atoms with E-state index < -0.39 is 0 Å². The summed E-state index contributed by atoms with van der Waals surface area (Å²) < 4.78 is 0. The number of nitrogens with one attached hydrogen (secondary N) is 1. The van der Waals surface area contributed by atoms with Gasteiger partial charge in [0.05, 0.1) is 6.20 Å². The highest BCUT2D eigenvalue weighted by Crippen LogP contribution is 1.57. The number of hydrogen-bond donors (Lipinski definition) is 2. The zero-order valence-electron chi connectivity index (χ0n) is 5.36. The van der Waals surface area contributed by atoms with Crippen LogP contribution in [0, 0.1) is 0 Å². The van der Waals surface area contributed by atoms with Crippen molar-refractivity contribution < 1.29 is 5.21 Å². The van der Waals surface area contributed by atoms with Gasteiger partial charge in [-0.05, 0) is 10.4 Å². The Morgan fingerprint density at radius 3 is 2.45 bits per heavy atom. The van der Waals surface area contributed by atoms with Crippen LogP contribution in [0.5, 0.6) is 0 Å². The molecule has 8 nitrogen and oxygen atoms in total. The lowest BCUT2D eigenvalue weighted by atomic mass is 11.0. The maximum absolute atomic E-state index is 8.15. The Kier molecular flexibility index (Phi) is 2.54. The number of aromatic amines is 1. The molecule has 2 aromatic rings. The normalized spacial score (nSPS) is 8.36. The number of hydrogen-bond acceptors (Lipinski definition) is 6. The Morgan fingerprint density at radius 2 is 2.27 bits per heavy atom. The first-order valence-corrected chi connectivity index (χ1v) is 2.62. The van der Waals surface area contributed by atoms with Crippen molar-refractivity contribution in [3.05, 3.63) is 18.7 Å². The summed E-state index contributed by atoms with van der Waals surface area (Å²) in [4.78, 5) is 0.528. The molecule has 8 heteroatoms. The van der Waals surface area contributed by atoms with Crippen LogP contribution < -0.4 is 0 Å². The standard InChI is InChI=1S/C2H3N3.CH2N4O/c1-2-4-5-3-1;6-5-1-2-3-4-5/h1-2H,(H,3,4,5);1,6H. The van der Waals surface area contributed by atoms with E-state index in [9.17, 15) is 0 Å². The van der Waals surface area contributed by atoms with Crippen LogP contribution in [-0.2, 0) is 0 Å². The maximum atomic E-state index is 8.15. The van der Waals surface area contributed by atoms with Crippen molar-refractivity contribution in [1.29, 1.82) is 0 Å². The molecular weight excluding hydrogens is 150 g/mol. The first-order chi connectivity index (χ1) is 5.39. The zero-order chi connectivity index (χ0) is 7.94. The van der Waals surface area contributed by atoms with Crippen LogP contribution in [-0.4, -0.2) is 41.0 Å². The molecule has 58 valence electrons. The van der Waals surface area contributed by atoms with E-state index >= 15 is 0 Å². The van der Waals surface area contributed by atoms with Gasteiger partial charge < -0.3 is 5.21 Å². The van der Waals surface area contributed by atoms with Crippen LogP contribution in [0.25, 0.3) is 0 Å². The molecule has 0 atom stereocenters. The molecule has 0 bridgehead atoms. The van der Waals surface area contributed by atoms with Crippen LogP contribution in [0.15, 0.2) is 18.7 Å². The largest absolute Gasteiger partial charge is 0.409 e. The first-order valence-electron chi connectivity index (χ1n) is 2.62. The van der Waals surface area contributed by atoms with Crippen molar-refractivity contribution in [2.75, 3.05) is 0 Å². The van der Waals surface area contributed by atoms with Gasteiger partial charge in [0.15, 0.2) is 6.33 Å². The molecule has 0 unspecified atom stereocenters. The Labute approximate surface area is 60.8 Å². The SMILES string of the molecule is On1cnnn1.c1c[nH]nn1. The van der Waals surface area contributed by atoms with Gasteiger partial charge in [-0.3, -0.25) is 5.10 Å². The molecule has 2 heterocycles. The smallest absolute Gasteiger partial charge is 0.179 e. The number of rotatable bonds is 0. The predicted octanol–water partition coefficient (Wildman–Crippen LogP) is -1.28. The van der Waals surface area contributed by atoms with Gasteiger partial charge in [-0.25, -0.2) is 0 Å². The summed E-state index contributed by atoms with van der Waals surface area (Å²) in [6.07, 6.45) is 4.32. The predicted molar refractivity (Wildman–Crippen MR) is 31.4 cm³/mol. The quantitative estimate of drug-likeness (QED) is 0.459. The van der Waals surface area contributed by atoms with Crippen molar-refractivity contribution in [2.24, 2.45) is 0 Å². The highest BCUT2D eigenvalue weighted by Gasteiger charge is 1.75. The summed E-state index contributed by atoms with van der Waals surface area (Å²) in [6, 6.07) is 0. The summed E-state index contributed by atoms with van der Waals surface area (Å²) in [5.41, 5.74) is 0. The van der Waals surface area contributed by atoms with Crippen molar-refractivity contribution >= 4 is 0 Å². The molecule has 0 aliphatic carbocycles. The highest BCUT2D eigenvalue weighted by molar-refractivity contribution is 4.54. The van der Waals surface area contributed by atoms with E-state index in [1.54, 1.807) is 12.4 Å². The molecule has 2 aromatic heterocycles. The Bertz CT molecular complexity index is 232. The van der Waals surface area contributed by atoms with Crippen LogP contribution in [0.2, 0.25) is 0 Å². The molecule has 0 aliphatic heterocycles. The van der Waals surface area contributed by atoms with E-state index in [2.05, 4.69) is 30.9 Å². The molecule has 0 spiro atoms. The fraction of sp³-hybridized carbons (Fsp3) is 0. The van der Waals surface area contributed by atoms with E-state index in [1.807, 2.05) is 0 Å². The summed E-state index contributed by atoms with van der Waals surface area (Å²) in [5, 5.41) is 26.7. The molecule has 0 aromatic carbocycles. The third kappa shape index (κ3) is 2.89. The molecule has 2 N–H and O–H groups in total. The second kappa shape index (κ2) is 3.93. The Balaban J connectivity index is 0.000000112. The lowest BCUT2D eigenvalue weighted by molar-refractivity contribution is 0.142. The van der Waals surface area contributed by atoms with E-state index in [0.717, 1.165) is 6.33 Å². The van der Waals surface area contributed by atoms with Crippen molar-refractivity contribution in [3.8, 4) is 0 Å². The van der Waals surface area contributed by atoms with Crippen molar-refractivity contribution in [3.63, 3.8) is 0 Å². The van der Waals surface area contributed by atoms with E-state index in [0.29, 0.717) is 4.85 Å². The third-order valence-electron chi connectivity index (χ3n) is 0.669. The molecule has 0 amide bonds.